The molecule has 0 aromatic heterocycles. The summed E-state index contributed by atoms with van der Waals surface area (Å²) in [5, 5.41) is 0. The molecule has 2 heterocycles. The Morgan fingerprint density at radius 1 is 1.26 bits per heavy atom. The van der Waals surface area contributed by atoms with E-state index in [-0.39, 0.29) is 12.4 Å². The lowest BCUT2D eigenvalue weighted by Crippen LogP contribution is -2.39. The van der Waals surface area contributed by atoms with Crippen LogP contribution >= 0.6 is 0 Å². The zero-order chi connectivity index (χ0) is 13.7. The third-order valence-electron chi connectivity index (χ3n) is 3.13. The van der Waals surface area contributed by atoms with Crippen LogP contribution in [-0.4, -0.2) is 56.2 Å². The van der Waals surface area contributed by atoms with E-state index in [2.05, 4.69) is 4.90 Å². The summed E-state index contributed by atoms with van der Waals surface area (Å²) in [6, 6.07) is 0. The first-order valence-electron chi connectivity index (χ1n) is 6.64. The minimum atomic E-state index is -0.842. The predicted molar refractivity (Wildman–Crippen MR) is 66.2 cm³/mol. The molecule has 2 rings (SSSR count). The van der Waals surface area contributed by atoms with Crippen LogP contribution in [0.1, 0.15) is 19.8 Å². The minimum absolute atomic E-state index is 0.159. The highest BCUT2D eigenvalue weighted by Crippen LogP contribution is 2.24. The van der Waals surface area contributed by atoms with Crippen molar-refractivity contribution >= 4 is 11.8 Å². The number of allylic oxidation sites excluding steroid dienone is 1. The molecule has 0 unspecified atom stereocenters. The third kappa shape index (κ3) is 3.26. The van der Waals surface area contributed by atoms with Crippen molar-refractivity contribution in [2.45, 2.75) is 19.8 Å². The van der Waals surface area contributed by atoms with Crippen LogP contribution in [0, 0.1) is 0 Å². The molecule has 0 aromatic rings. The Hall–Kier alpha value is -1.56. The van der Waals surface area contributed by atoms with Gasteiger partial charge in [0.2, 0.25) is 0 Å². The van der Waals surface area contributed by atoms with E-state index in [4.69, 9.17) is 14.2 Å². The molecule has 0 aliphatic carbocycles. The van der Waals surface area contributed by atoms with Gasteiger partial charge < -0.3 is 19.1 Å². The molecule has 0 aromatic carbocycles. The molecule has 0 bridgehead atoms. The third-order valence-corrected chi connectivity index (χ3v) is 3.13. The molecule has 6 heteroatoms. The van der Waals surface area contributed by atoms with E-state index in [1.807, 2.05) is 0 Å². The van der Waals surface area contributed by atoms with Crippen molar-refractivity contribution in [1.29, 1.82) is 0 Å². The van der Waals surface area contributed by atoms with Crippen molar-refractivity contribution in [3.8, 4) is 0 Å². The highest BCUT2D eigenvalue weighted by Gasteiger charge is 2.30. The Kier molecular flexibility index (Phi) is 4.79. The number of carbonyl (C=O) groups is 2. The molecule has 0 radical (unpaired) electrons. The van der Waals surface area contributed by atoms with Gasteiger partial charge >= 0.3 is 11.8 Å². The van der Waals surface area contributed by atoms with E-state index in [0.29, 0.717) is 19.8 Å². The van der Waals surface area contributed by atoms with Crippen molar-refractivity contribution in [2.24, 2.45) is 0 Å². The van der Waals surface area contributed by atoms with Crippen LogP contribution in [-0.2, 0) is 23.8 Å². The number of rotatable bonds is 4. The molecule has 2 aliphatic rings. The van der Waals surface area contributed by atoms with Gasteiger partial charge in [0.15, 0.2) is 5.76 Å². The average Bonchev–Trinajstić information content (AvgIpc) is 2.47. The van der Waals surface area contributed by atoms with Crippen molar-refractivity contribution in [2.75, 3.05) is 39.5 Å². The maximum atomic E-state index is 12.0. The maximum Gasteiger partial charge on any atom is 0.383 e. The standard InChI is InChI=1S/C13H19NO5/c1-2-18-13(16)11(15)12-10(4-3-7-19-12)14-5-8-17-9-6-14/h2-9H2,1H3. The first-order valence-corrected chi connectivity index (χ1v) is 6.64. The molecule has 0 amide bonds. The van der Waals surface area contributed by atoms with Gasteiger partial charge in [0.25, 0.3) is 0 Å². The summed E-state index contributed by atoms with van der Waals surface area (Å²) in [4.78, 5) is 25.6. The number of hydrogen-bond acceptors (Lipinski definition) is 6. The van der Waals surface area contributed by atoms with Crippen LogP contribution in [0.4, 0.5) is 0 Å². The largest absolute Gasteiger partial charge is 0.488 e. The van der Waals surface area contributed by atoms with Crippen LogP contribution in [0.25, 0.3) is 0 Å². The van der Waals surface area contributed by atoms with Crippen molar-refractivity contribution < 1.29 is 23.8 Å². The summed E-state index contributed by atoms with van der Waals surface area (Å²) >= 11 is 0. The normalized spacial score (nSPS) is 19.9. The molecular formula is C13H19NO5. The smallest absolute Gasteiger partial charge is 0.383 e. The lowest BCUT2D eigenvalue weighted by molar-refractivity contribution is -0.153. The first kappa shape index (κ1) is 13.9. The molecule has 6 nitrogen and oxygen atoms in total. The fraction of sp³-hybridized carbons (Fsp3) is 0.692. The molecule has 0 N–H and O–H groups in total. The average molecular weight is 269 g/mol. The van der Waals surface area contributed by atoms with Crippen LogP contribution in [0.3, 0.4) is 0 Å². The van der Waals surface area contributed by atoms with E-state index in [1.165, 1.54) is 0 Å². The zero-order valence-electron chi connectivity index (χ0n) is 11.1. The van der Waals surface area contributed by atoms with Crippen molar-refractivity contribution in [3.05, 3.63) is 11.5 Å². The van der Waals surface area contributed by atoms with Gasteiger partial charge in [-0.05, 0) is 19.8 Å². The lowest BCUT2D eigenvalue weighted by Gasteiger charge is -2.34. The van der Waals surface area contributed by atoms with Gasteiger partial charge in [-0.25, -0.2) is 4.79 Å². The van der Waals surface area contributed by atoms with Gasteiger partial charge in [0, 0.05) is 13.1 Å². The maximum absolute atomic E-state index is 12.0. The Balaban J connectivity index is 2.18. The van der Waals surface area contributed by atoms with Crippen LogP contribution in [0.2, 0.25) is 0 Å². The summed E-state index contributed by atoms with van der Waals surface area (Å²) in [5.41, 5.74) is 0.813. The molecule has 0 saturated carbocycles. The number of ether oxygens (including phenoxy) is 3. The number of carbonyl (C=O) groups excluding carboxylic acids is 2. The topological polar surface area (TPSA) is 65.1 Å². The van der Waals surface area contributed by atoms with Gasteiger partial charge in [-0.15, -0.1) is 0 Å². The second-order valence-corrected chi connectivity index (χ2v) is 4.38. The van der Waals surface area contributed by atoms with Crippen molar-refractivity contribution in [3.63, 3.8) is 0 Å². The van der Waals surface area contributed by atoms with E-state index in [9.17, 15) is 9.59 Å². The summed E-state index contributed by atoms with van der Waals surface area (Å²) in [6.45, 7) is 5.02. The van der Waals surface area contributed by atoms with Gasteiger partial charge in [-0.2, -0.15) is 0 Å². The Morgan fingerprint density at radius 3 is 2.68 bits per heavy atom. The highest BCUT2D eigenvalue weighted by atomic mass is 16.5. The molecule has 19 heavy (non-hydrogen) atoms. The second kappa shape index (κ2) is 6.56. The zero-order valence-corrected chi connectivity index (χ0v) is 11.1. The van der Waals surface area contributed by atoms with E-state index < -0.39 is 11.8 Å². The predicted octanol–water partition coefficient (Wildman–Crippen LogP) is 0.473. The number of Topliss-reactive ketones (excluding diaryl/α,β-unsaturated/α-hetero) is 1. The summed E-state index contributed by atoms with van der Waals surface area (Å²) in [6.07, 6.45) is 1.60. The number of morpholine rings is 1. The number of nitrogens with zero attached hydrogens (tertiary/aromatic N) is 1. The van der Waals surface area contributed by atoms with E-state index in [0.717, 1.165) is 31.6 Å². The molecule has 106 valence electrons. The molecule has 1 fully saturated rings. The van der Waals surface area contributed by atoms with E-state index >= 15 is 0 Å². The molecule has 1 saturated heterocycles. The highest BCUT2D eigenvalue weighted by molar-refractivity contribution is 6.40. The second-order valence-electron chi connectivity index (χ2n) is 4.38. The minimum Gasteiger partial charge on any atom is -0.488 e. The van der Waals surface area contributed by atoms with Crippen LogP contribution in [0.5, 0.6) is 0 Å². The Bertz CT molecular complexity index is 384. The summed E-state index contributed by atoms with van der Waals surface area (Å²) < 4.78 is 15.5. The van der Waals surface area contributed by atoms with Crippen LogP contribution < -0.4 is 0 Å². The van der Waals surface area contributed by atoms with Gasteiger partial charge in [-0.3, -0.25) is 4.79 Å². The van der Waals surface area contributed by atoms with Gasteiger partial charge in [0.1, 0.15) is 0 Å². The Labute approximate surface area is 112 Å². The molecule has 0 spiro atoms. The quantitative estimate of drug-likeness (QED) is 0.546. The SMILES string of the molecule is CCOC(=O)C(=O)C1=C(N2CCOCC2)CCCO1. The van der Waals surface area contributed by atoms with Gasteiger partial charge in [-0.1, -0.05) is 0 Å². The first-order chi connectivity index (χ1) is 9.24. The lowest BCUT2D eigenvalue weighted by atomic mass is 10.1. The van der Waals surface area contributed by atoms with Gasteiger partial charge in [0.05, 0.1) is 32.1 Å². The Morgan fingerprint density at radius 2 is 2.00 bits per heavy atom. The molecule has 2 aliphatic heterocycles. The van der Waals surface area contributed by atoms with Crippen molar-refractivity contribution in [1.82, 2.24) is 4.90 Å². The van der Waals surface area contributed by atoms with E-state index in [1.54, 1.807) is 6.92 Å². The summed E-state index contributed by atoms with van der Waals surface area (Å²) in [7, 11) is 0. The summed E-state index contributed by atoms with van der Waals surface area (Å²) in [5.74, 6) is -1.36. The molecular weight excluding hydrogens is 250 g/mol. The number of hydrogen-bond donors (Lipinski definition) is 0. The fourth-order valence-electron chi connectivity index (χ4n) is 2.23. The number of ketones is 1. The fourth-order valence-corrected chi connectivity index (χ4v) is 2.23. The number of esters is 1. The van der Waals surface area contributed by atoms with Crippen LogP contribution in [0.15, 0.2) is 11.5 Å². The monoisotopic (exact) mass is 269 g/mol. The molecule has 0 atom stereocenters.